The minimum absolute atomic E-state index is 0.00119. The van der Waals surface area contributed by atoms with E-state index in [1.807, 2.05) is 25.1 Å². The molecule has 1 N–H and O–H groups in total. The van der Waals surface area contributed by atoms with Crippen LogP contribution < -0.4 is 14.8 Å². The fourth-order valence-corrected chi connectivity index (χ4v) is 2.22. The van der Waals surface area contributed by atoms with Crippen LogP contribution in [0, 0.1) is 0 Å². The van der Waals surface area contributed by atoms with Gasteiger partial charge in [0.2, 0.25) is 5.91 Å². The molecule has 21 heavy (non-hydrogen) atoms. The Labute approximate surface area is 125 Å². The number of amides is 1. The molecule has 0 radical (unpaired) electrons. The molecule has 0 aromatic heterocycles. The number of carbonyl (C=O) groups excluding carboxylic acids is 1. The number of hydrogen-bond donors (Lipinski definition) is 1. The van der Waals surface area contributed by atoms with Crippen molar-refractivity contribution in [3.8, 4) is 11.5 Å². The SMILES string of the molecule is C=CCNC(=O)CN(CC)Cc1cccc2c1OCCO2. The van der Waals surface area contributed by atoms with Crippen molar-refractivity contribution in [2.24, 2.45) is 0 Å². The van der Waals surface area contributed by atoms with E-state index in [1.54, 1.807) is 6.08 Å². The standard InChI is InChI=1S/C16H22N2O3/c1-3-8-17-15(19)12-18(4-2)11-13-6-5-7-14-16(13)21-10-9-20-14/h3,5-7H,1,4,8-12H2,2H3,(H,17,19). The number of rotatable bonds is 7. The quantitative estimate of drug-likeness (QED) is 0.775. The van der Waals surface area contributed by atoms with Gasteiger partial charge >= 0.3 is 0 Å². The normalized spacial score (nSPS) is 13.0. The molecule has 0 unspecified atom stereocenters. The van der Waals surface area contributed by atoms with E-state index in [2.05, 4.69) is 16.8 Å². The molecule has 1 heterocycles. The van der Waals surface area contributed by atoms with Crippen LogP contribution in [0.5, 0.6) is 11.5 Å². The summed E-state index contributed by atoms with van der Waals surface area (Å²) in [5, 5.41) is 2.79. The molecule has 1 aliphatic rings. The molecule has 0 fully saturated rings. The number of benzene rings is 1. The lowest BCUT2D eigenvalue weighted by atomic mass is 10.1. The lowest BCUT2D eigenvalue weighted by molar-refractivity contribution is -0.122. The van der Waals surface area contributed by atoms with E-state index >= 15 is 0 Å². The molecule has 2 rings (SSSR count). The van der Waals surface area contributed by atoms with Gasteiger partial charge in [-0.2, -0.15) is 0 Å². The molecular formula is C16H22N2O3. The molecule has 5 heteroatoms. The van der Waals surface area contributed by atoms with Crippen LogP contribution >= 0.6 is 0 Å². The van der Waals surface area contributed by atoms with Crippen LogP contribution in [-0.2, 0) is 11.3 Å². The molecule has 1 aromatic rings. The molecule has 0 aliphatic carbocycles. The summed E-state index contributed by atoms with van der Waals surface area (Å²) in [6.45, 7) is 9.06. The van der Waals surface area contributed by atoms with Gasteiger partial charge in [-0.25, -0.2) is 0 Å². The predicted octanol–water partition coefficient (Wildman–Crippen LogP) is 1.58. The third kappa shape index (κ3) is 4.23. The van der Waals surface area contributed by atoms with Crippen molar-refractivity contribution in [2.45, 2.75) is 13.5 Å². The van der Waals surface area contributed by atoms with Gasteiger partial charge < -0.3 is 14.8 Å². The van der Waals surface area contributed by atoms with Crippen molar-refractivity contribution in [1.82, 2.24) is 10.2 Å². The van der Waals surface area contributed by atoms with Crippen LogP contribution in [0.3, 0.4) is 0 Å². The molecule has 0 spiro atoms. The van der Waals surface area contributed by atoms with Crippen molar-refractivity contribution < 1.29 is 14.3 Å². The number of nitrogens with one attached hydrogen (secondary N) is 1. The van der Waals surface area contributed by atoms with E-state index in [0.717, 1.165) is 23.6 Å². The van der Waals surface area contributed by atoms with Crippen molar-refractivity contribution in [1.29, 1.82) is 0 Å². The smallest absolute Gasteiger partial charge is 0.234 e. The number of nitrogens with zero attached hydrogens (tertiary/aromatic N) is 1. The Kier molecular flexibility index (Phi) is 5.63. The van der Waals surface area contributed by atoms with Crippen LogP contribution in [0.15, 0.2) is 30.9 Å². The average Bonchev–Trinajstić information content (AvgIpc) is 2.52. The summed E-state index contributed by atoms with van der Waals surface area (Å²) < 4.78 is 11.3. The third-order valence-electron chi connectivity index (χ3n) is 3.30. The number of carbonyl (C=O) groups is 1. The summed E-state index contributed by atoms with van der Waals surface area (Å²) in [7, 11) is 0. The Morgan fingerprint density at radius 1 is 1.43 bits per heavy atom. The van der Waals surface area contributed by atoms with Crippen LogP contribution in [0.4, 0.5) is 0 Å². The van der Waals surface area contributed by atoms with Crippen molar-refractivity contribution in [3.63, 3.8) is 0 Å². The van der Waals surface area contributed by atoms with E-state index in [1.165, 1.54) is 0 Å². The lowest BCUT2D eigenvalue weighted by Gasteiger charge is -2.24. The molecule has 0 saturated heterocycles. The van der Waals surface area contributed by atoms with Crippen LogP contribution in [0.2, 0.25) is 0 Å². The molecule has 1 amide bonds. The number of fused-ring (bicyclic) bond motifs is 1. The largest absolute Gasteiger partial charge is 0.486 e. The second-order valence-electron chi connectivity index (χ2n) is 4.84. The van der Waals surface area contributed by atoms with E-state index < -0.39 is 0 Å². The van der Waals surface area contributed by atoms with Gasteiger partial charge in [0.05, 0.1) is 6.54 Å². The van der Waals surface area contributed by atoms with Crippen LogP contribution in [0.1, 0.15) is 12.5 Å². The maximum absolute atomic E-state index is 11.8. The molecule has 5 nitrogen and oxygen atoms in total. The van der Waals surface area contributed by atoms with Gasteiger partial charge in [0, 0.05) is 18.7 Å². The summed E-state index contributed by atoms with van der Waals surface area (Å²) in [6.07, 6.45) is 1.67. The molecule has 0 saturated carbocycles. The van der Waals surface area contributed by atoms with Gasteiger partial charge in [-0.1, -0.05) is 25.1 Å². The van der Waals surface area contributed by atoms with Crippen molar-refractivity contribution in [2.75, 3.05) is 32.8 Å². The zero-order chi connectivity index (χ0) is 15.1. The summed E-state index contributed by atoms with van der Waals surface area (Å²) in [5.74, 6) is 1.58. The summed E-state index contributed by atoms with van der Waals surface area (Å²) in [6, 6.07) is 5.87. The van der Waals surface area contributed by atoms with E-state index in [9.17, 15) is 4.79 Å². The first kappa shape index (κ1) is 15.4. The minimum Gasteiger partial charge on any atom is -0.486 e. The zero-order valence-corrected chi connectivity index (χ0v) is 12.4. The fraction of sp³-hybridized carbons (Fsp3) is 0.438. The Morgan fingerprint density at radius 2 is 2.24 bits per heavy atom. The molecule has 0 atom stereocenters. The average molecular weight is 290 g/mol. The summed E-state index contributed by atoms with van der Waals surface area (Å²) in [4.78, 5) is 13.9. The van der Waals surface area contributed by atoms with Crippen molar-refractivity contribution in [3.05, 3.63) is 36.4 Å². The second-order valence-corrected chi connectivity index (χ2v) is 4.84. The van der Waals surface area contributed by atoms with Gasteiger partial charge in [0.1, 0.15) is 13.2 Å². The van der Waals surface area contributed by atoms with Crippen molar-refractivity contribution >= 4 is 5.91 Å². The van der Waals surface area contributed by atoms with Crippen LogP contribution in [-0.4, -0.2) is 43.7 Å². The molecule has 0 bridgehead atoms. The van der Waals surface area contributed by atoms with E-state index in [0.29, 0.717) is 32.8 Å². The number of para-hydroxylation sites is 1. The van der Waals surface area contributed by atoms with Gasteiger partial charge in [-0.3, -0.25) is 9.69 Å². The monoisotopic (exact) mass is 290 g/mol. The Morgan fingerprint density at radius 3 is 3.00 bits per heavy atom. The minimum atomic E-state index is -0.00119. The van der Waals surface area contributed by atoms with Gasteiger partial charge in [0.25, 0.3) is 0 Å². The highest BCUT2D eigenvalue weighted by Gasteiger charge is 2.18. The maximum atomic E-state index is 11.8. The Balaban J connectivity index is 2.01. The Hall–Kier alpha value is -2.01. The number of ether oxygens (including phenoxy) is 2. The van der Waals surface area contributed by atoms with Gasteiger partial charge in [0.15, 0.2) is 11.5 Å². The molecule has 1 aliphatic heterocycles. The highest BCUT2D eigenvalue weighted by Crippen LogP contribution is 2.34. The topological polar surface area (TPSA) is 50.8 Å². The maximum Gasteiger partial charge on any atom is 0.234 e. The first-order valence-corrected chi connectivity index (χ1v) is 7.22. The van der Waals surface area contributed by atoms with E-state index in [4.69, 9.17) is 9.47 Å². The fourth-order valence-electron chi connectivity index (χ4n) is 2.22. The summed E-state index contributed by atoms with van der Waals surface area (Å²) in [5.41, 5.74) is 1.05. The van der Waals surface area contributed by atoms with E-state index in [-0.39, 0.29) is 5.91 Å². The van der Waals surface area contributed by atoms with Crippen LogP contribution in [0.25, 0.3) is 0 Å². The highest BCUT2D eigenvalue weighted by atomic mass is 16.6. The molecule has 1 aromatic carbocycles. The molecule has 114 valence electrons. The highest BCUT2D eigenvalue weighted by molar-refractivity contribution is 5.78. The van der Waals surface area contributed by atoms with Gasteiger partial charge in [-0.15, -0.1) is 6.58 Å². The number of hydrogen-bond acceptors (Lipinski definition) is 4. The first-order valence-electron chi connectivity index (χ1n) is 7.22. The first-order chi connectivity index (χ1) is 10.2. The predicted molar refractivity (Wildman–Crippen MR) is 81.6 cm³/mol. The Bertz CT molecular complexity index is 502. The number of likely N-dealkylation sites (N-methyl/N-ethyl adjacent to an activating group) is 1. The van der Waals surface area contributed by atoms with Gasteiger partial charge in [-0.05, 0) is 12.6 Å². The lowest BCUT2D eigenvalue weighted by Crippen LogP contribution is -2.37. The third-order valence-corrected chi connectivity index (χ3v) is 3.30. The second kappa shape index (κ2) is 7.69. The molecular weight excluding hydrogens is 268 g/mol. The zero-order valence-electron chi connectivity index (χ0n) is 12.4. The summed E-state index contributed by atoms with van der Waals surface area (Å²) >= 11 is 0.